The third-order valence-corrected chi connectivity index (χ3v) is 6.58. The third-order valence-electron chi connectivity index (χ3n) is 6.58. The summed E-state index contributed by atoms with van der Waals surface area (Å²) in [6, 6.07) is 10.3. The maximum atomic E-state index is 13.4. The summed E-state index contributed by atoms with van der Waals surface area (Å²) in [5.74, 6) is -0.474. The number of rotatable bonds is 8. The lowest BCUT2D eigenvalue weighted by Gasteiger charge is -2.49. The highest BCUT2D eigenvalue weighted by molar-refractivity contribution is 5.71. The van der Waals surface area contributed by atoms with Crippen molar-refractivity contribution in [2.24, 2.45) is 5.73 Å². The molecule has 0 unspecified atom stereocenters. The first kappa shape index (κ1) is 28.9. The van der Waals surface area contributed by atoms with E-state index in [0.29, 0.717) is 31.5 Å². The van der Waals surface area contributed by atoms with Crippen molar-refractivity contribution in [3.63, 3.8) is 0 Å². The van der Waals surface area contributed by atoms with Gasteiger partial charge in [-0.05, 0) is 56.0 Å². The minimum atomic E-state index is -4.96. The van der Waals surface area contributed by atoms with E-state index in [1.54, 1.807) is 19.1 Å². The smallest absolute Gasteiger partial charge is 0.416 e. The summed E-state index contributed by atoms with van der Waals surface area (Å²) in [5, 5.41) is 0. The van der Waals surface area contributed by atoms with Crippen LogP contribution in [0.4, 0.5) is 26.3 Å². The highest BCUT2D eigenvalue weighted by Gasteiger charge is 2.44. The molecule has 1 aliphatic heterocycles. The average Bonchev–Trinajstić information content (AvgIpc) is 2.83. The summed E-state index contributed by atoms with van der Waals surface area (Å²) in [6.07, 6.45) is -9.99. The summed E-state index contributed by atoms with van der Waals surface area (Å²) in [4.78, 5) is 14.2. The van der Waals surface area contributed by atoms with Gasteiger partial charge in [0.05, 0.1) is 42.5 Å². The number of benzene rings is 2. The second-order valence-corrected chi connectivity index (χ2v) is 9.17. The van der Waals surface area contributed by atoms with Gasteiger partial charge >= 0.3 is 18.3 Å². The van der Waals surface area contributed by atoms with Crippen LogP contribution in [-0.4, -0.2) is 43.2 Å². The van der Waals surface area contributed by atoms with Crippen molar-refractivity contribution in [3.05, 3.63) is 70.8 Å². The summed E-state index contributed by atoms with van der Waals surface area (Å²) < 4.78 is 91.3. The number of likely N-dealkylation sites (tertiary alicyclic amines) is 1. The Morgan fingerprint density at radius 2 is 1.68 bits per heavy atom. The Balaban J connectivity index is 1.97. The van der Waals surface area contributed by atoms with Crippen molar-refractivity contribution in [2.45, 2.75) is 56.7 Å². The topological polar surface area (TPSA) is 64.8 Å². The maximum absolute atomic E-state index is 13.4. The first-order valence-electron chi connectivity index (χ1n) is 11.9. The number of piperidine rings is 1. The number of alkyl halides is 6. The van der Waals surface area contributed by atoms with Crippen LogP contribution in [0.2, 0.25) is 0 Å². The molecule has 1 aliphatic rings. The molecule has 0 aromatic heterocycles. The van der Waals surface area contributed by atoms with Gasteiger partial charge in [-0.1, -0.05) is 30.3 Å². The molecule has 5 nitrogen and oxygen atoms in total. The molecule has 1 heterocycles. The third kappa shape index (κ3) is 7.03. The van der Waals surface area contributed by atoms with Gasteiger partial charge in [0.15, 0.2) is 0 Å². The normalized spacial score (nSPS) is 22.0. The van der Waals surface area contributed by atoms with E-state index in [9.17, 15) is 31.1 Å². The minimum absolute atomic E-state index is 0.0886. The lowest BCUT2D eigenvalue weighted by atomic mass is 9.79. The standard InChI is InChI=1S/C26H30F6N2O3/c1-3-36-23(35)15-34-14-22(33)9-10-24(34,19-7-5-4-6-8-19)16-37-17(2)18-11-20(25(27,28)29)13-21(12-18)26(30,31)32/h4-8,11-13,17,22H,3,9-10,14-16,33H2,1-2H3/t17-,22-,24-/m1/s1. The van der Waals surface area contributed by atoms with Gasteiger partial charge in [0.25, 0.3) is 0 Å². The lowest BCUT2D eigenvalue weighted by molar-refractivity contribution is -0.149. The van der Waals surface area contributed by atoms with Gasteiger partial charge in [0, 0.05) is 12.6 Å². The molecule has 3 rings (SSSR count). The van der Waals surface area contributed by atoms with Gasteiger partial charge in [-0.3, -0.25) is 9.69 Å². The molecular weight excluding hydrogens is 502 g/mol. The summed E-state index contributed by atoms with van der Waals surface area (Å²) in [5.41, 5.74) is 3.02. The number of esters is 1. The number of carbonyl (C=O) groups is 1. The van der Waals surface area contributed by atoms with Gasteiger partial charge in [0.2, 0.25) is 0 Å². The Hall–Kier alpha value is -2.63. The van der Waals surface area contributed by atoms with E-state index in [2.05, 4.69) is 0 Å². The molecule has 1 saturated heterocycles. The molecule has 0 saturated carbocycles. The molecule has 0 amide bonds. The number of ether oxygens (including phenoxy) is 2. The second-order valence-electron chi connectivity index (χ2n) is 9.17. The van der Waals surface area contributed by atoms with Crippen molar-refractivity contribution >= 4 is 5.97 Å². The molecule has 37 heavy (non-hydrogen) atoms. The summed E-state index contributed by atoms with van der Waals surface area (Å²) in [6.45, 7) is 3.39. The van der Waals surface area contributed by atoms with Gasteiger partial charge in [0.1, 0.15) is 0 Å². The van der Waals surface area contributed by atoms with E-state index in [-0.39, 0.29) is 37.4 Å². The largest absolute Gasteiger partial charge is 0.465 e. The molecular formula is C26H30F6N2O3. The SMILES string of the molecule is CCOC(=O)CN1C[C@H](N)CC[C@@]1(CO[C@H](C)c1cc(C(F)(F)F)cc(C(F)(F)F)c1)c1ccccc1. The fourth-order valence-electron chi connectivity index (χ4n) is 4.60. The molecule has 2 aromatic carbocycles. The van der Waals surface area contributed by atoms with E-state index in [1.807, 2.05) is 23.1 Å². The van der Waals surface area contributed by atoms with E-state index < -0.39 is 41.1 Å². The monoisotopic (exact) mass is 532 g/mol. The average molecular weight is 533 g/mol. The minimum Gasteiger partial charge on any atom is -0.465 e. The molecule has 2 N–H and O–H groups in total. The van der Waals surface area contributed by atoms with Crippen LogP contribution in [0, 0.1) is 0 Å². The van der Waals surface area contributed by atoms with Crippen LogP contribution in [0.15, 0.2) is 48.5 Å². The molecule has 0 spiro atoms. The second kappa shape index (κ2) is 11.4. The number of nitrogens with two attached hydrogens (primary N) is 1. The van der Waals surface area contributed by atoms with Crippen molar-refractivity contribution in [1.29, 1.82) is 0 Å². The van der Waals surface area contributed by atoms with Crippen LogP contribution in [0.1, 0.15) is 55.0 Å². The lowest BCUT2D eigenvalue weighted by Crippen LogP contribution is -2.59. The Morgan fingerprint density at radius 3 is 2.22 bits per heavy atom. The van der Waals surface area contributed by atoms with E-state index in [4.69, 9.17) is 15.2 Å². The molecule has 11 heteroatoms. The van der Waals surface area contributed by atoms with Crippen molar-refractivity contribution < 1.29 is 40.6 Å². The first-order valence-corrected chi connectivity index (χ1v) is 11.9. The zero-order valence-corrected chi connectivity index (χ0v) is 20.5. The van der Waals surface area contributed by atoms with E-state index >= 15 is 0 Å². The Morgan fingerprint density at radius 1 is 1.08 bits per heavy atom. The Bertz CT molecular complexity index is 1030. The Kier molecular flexibility index (Phi) is 8.92. The van der Waals surface area contributed by atoms with Crippen molar-refractivity contribution in [3.8, 4) is 0 Å². The number of hydrogen-bond donors (Lipinski definition) is 1. The van der Waals surface area contributed by atoms with Gasteiger partial charge < -0.3 is 15.2 Å². The van der Waals surface area contributed by atoms with Crippen LogP contribution >= 0.6 is 0 Å². The van der Waals surface area contributed by atoms with Crippen molar-refractivity contribution in [1.82, 2.24) is 4.90 Å². The highest BCUT2D eigenvalue weighted by Crippen LogP contribution is 2.41. The van der Waals surface area contributed by atoms with E-state index in [0.717, 1.165) is 5.56 Å². The number of nitrogens with zero attached hydrogens (tertiary/aromatic N) is 1. The molecule has 0 bridgehead atoms. The highest BCUT2D eigenvalue weighted by atomic mass is 19.4. The van der Waals surface area contributed by atoms with Crippen LogP contribution in [-0.2, 0) is 32.2 Å². The first-order chi connectivity index (χ1) is 17.3. The molecule has 0 radical (unpaired) electrons. The molecule has 1 fully saturated rings. The van der Waals surface area contributed by atoms with Crippen LogP contribution in [0.25, 0.3) is 0 Å². The Labute approximate surface area is 211 Å². The quantitative estimate of drug-likeness (QED) is 0.350. The zero-order chi connectivity index (χ0) is 27.4. The van der Waals surface area contributed by atoms with E-state index in [1.165, 1.54) is 6.92 Å². The summed E-state index contributed by atoms with van der Waals surface area (Å²) >= 11 is 0. The van der Waals surface area contributed by atoms with Gasteiger partial charge in [-0.2, -0.15) is 26.3 Å². The predicted molar refractivity (Wildman–Crippen MR) is 124 cm³/mol. The fourth-order valence-corrected chi connectivity index (χ4v) is 4.60. The fraction of sp³-hybridized carbons (Fsp3) is 0.500. The predicted octanol–water partition coefficient (Wildman–Crippen LogP) is 5.68. The van der Waals surface area contributed by atoms with Gasteiger partial charge in [-0.15, -0.1) is 0 Å². The maximum Gasteiger partial charge on any atom is 0.416 e. The van der Waals surface area contributed by atoms with Gasteiger partial charge in [-0.25, -0.2) is 0 Å². The van der Waals surface area contributed by atoms with Crippen molar-refractivity contribution in [2.75, 3.05) is 26.3 Å². The number of halogens is 6. The number of hydrogen-bond acceptors (Lipinski definition) is 5. The zero-order valence-electron chi connectivity index (χ0n) is 20.5. The van der Waals surface area contributed by atoms with Crippen LogP contribution in [0.5, 0.6) is 0 Å². The molecule has 2 aromatic rings. The van der Waals surface area contributed by atoms with Crippen LogP contribution < -0.4 is 5.73 Å². The molecule has 204 valence electrons. The number of carbonyl (C=O) groups excluding carboxylic acids is 1. The molecule has 3 atom stereocenters. The molecule has 0 aliphatic carbocycles. The van der Waals surface area contributed by atoms with Crippen LogP contribution in [0.3, 0.4) is 0 Å². The summed E-state index contributed by atoms with van der Waals surface area (Å²) in [7, 11) is 0.